The standard InChI is InChI=1S/C15H21Cl2N3S/c1-15(2,14(18)21)20-8-6-19(7-9-20)10-11-4-3-5-12(16)13(11)17/h3-5H,6-10H2,1-2H3,(H2,18,21). The Labute approximate surface area is 142 Å². The molecule has 21 heavy (non-hydrogen) atoms. The van der Waals surface area contributed by atoms with Gasteiger partial charge < -0.3 is 5.73 Å². The highest BCUT2D eigenvalue weighted by Crippen LogP contribution is 2.27. The molecule has 0 spiro atoms. The Bertz CT molecular complexity index is 526. The van der Waals surface area contributed by atoms with E-state index in [0.717, 1.165) is 38.3 Å². The van der Waals surface area contributed by atoms with Crippen molar-refractivity contribution in [1.82, 2.24) is 9.80 Å². The van der Waals surface area contributed by atoms with Crippen LogP contribution >= 0.6 is 35.4 Å². The maximum Gasteiger partial charge on any atom is 0.0928 e. The van der Waals surface area contributed by atoms with Crippen LogP contribution in [0.25, 0.3) is 0 Å². The normalized spacial score (nSPS) is 17.9. The molecular formula is C15H21Cl2N3S. The molecule has 1 saturated heterocycles. The molecule has 1 fully saturated rings. The number of rotatable bonds is 4. The van der Waals surface area contributed by atoms with Gasteiger partial charge in [0.1, 0.15) is 0 Å². The van der Waals surface area contributed by atoms with E-state index < -0.39 is 0 Å². The summed E-state index contributed by atoms with van der Waals surface area (Å²) in [6.07, 6.45) is 0. The largest absolute Gasteiger partial charge is 0.392 e. The fourth-order valence-electron chi connectivity index (χ4n) is 2.53. The summed E-state index contributed by atoms with van der Waals surface area (Å²) in [5.74, 6) is 0. The van der Waals surface area contributed by atoms with Crippen LogP contribution in [0, 0.1) is 0 Å². The second-order valence-corrected chi connectivity index (χ2v) is 7.12. The number of piperazine rings is 1. The Hall–Kier alpha value is -0.390. The van der Waals surface area contributed by atoms with Crippen LogP contribution in [0.3, 0.4) is 0 Å². The van der Waals surface area contributed by atoms with Crippen molar-refractivity contribution in [1.29, 1.82) is 0 Å². The lowest BCUT2D eigenvalue weighted by Gasteiger charge is -2.43. The highest BCUT2D eigenvalue weighted by molar-refractivity contribution is 7.80. The van der Waals surface area contributed by atoms with Gasteiger partial charge in [0.2, 0.25) is 0 Å². The van der Waals surface area contributed by atoms with E-state index in [1.54, 1.807) is 0 Å². The first-order chi connectivity index (χ1) is 9.82. The molecule has 6 heteroatoms. The Kier molecular flexibility index (Phi) is 5.49. The molecule has 0 amide bonds. The zero-order chi connectivity index (χ0) is 15.6. The fourth-order valence-corrected chi connectivity index (χ4v) is 3.04. The van der Waals surface area contributed by atoms with Gasteiger partial charge >= 0.3 is 0 Å². The zero-order valence-corrected chi connectivity index (χ0v) is 14.7. The molecule has 116 valence electrons. The molecule has 1 aliphatic rings. The lowest BCUT2D eigenvalue weighted by molar-refractivity contribution is 0.0821. The summed E-state index contributed by atoms with van der Waals surface area (Å²) >= 11 is 17.5. The van der Waals surface area contributed by atoms with Crippen molar-refractivity contribution in [3.63, 3.8) is 0 Å². The van der Waals surface area contributed by atoms with E-state index in [-0.39, 0.29) is 5.54 Å². The van der Waals surface area contributed by atoms with Gasteiger partial charge in [0.15, 0.2) is 0 Å². The van der Waals surface area contributed by atoms with Crippen molar-refractivity contribution in [2.45, 2.75) is 25.9 Å². The van der Waals surface area contributed by atoms with Crippen molar-refractivity contribution >= 4 is 40.4 Å². The fraction of sp³-hybridized carbons (Fsp3) is 0.533. The Morgan fingerprint density at radius 2 is 1.86 bits per heavy atom. The molecule has 1 aromatic carbocycles. The summed E-state index contributed by atoms with van der Waals surface area (Å²) in [7, 11) is 0. The van der Waals surface area contributed by atoms with E-state index in [1.807, 2.05) is 18.2 Å². The van der Waals surface area contributed by atoms with Crippen LogP contribution in [0.4, 0.5) is 0 Å². The van der Waals surface area contributed by atoms with E-state index in [0.29, 0.717) is 15.0 Å². The highest BCUT2D eigenvalue weighted by atomic mass is 35.5. The van der Waals surface area contributed by atoms with Crippen LogP contribution in [0.1, 0.15) is 19.4 Å². The van der Waals surface area contributed by atoms with E-state index >= 15 is 0 Å². The number of thiocarbonyl (C=S) groups is 1. The Morgan fingerprint density at radius 3 is 2.43 bits per heavy atom. The Balaban J connectivity index is 1.96. The number of nitrogens with two attached hydrogens (primary N) is 1. The third kappa shape index (κ3) is 3.88. The minimum atomic E-state index is -0.227. The average molecular weight is 346 g/mol. The number of hydrogen-bond donors (Lipinski definition) is 1. The van der Waals surface area contributed by atoms with Gasteiger partial charge in [0, 0.05) is 32.7 Å². The van der Waals surface area contributed by atoms with Crippen LogP contribution in [0.5, 0.6) is 0 Å². The van der Waals surface area contributed by atoms with Crippen molar-refractivity contribution < 1.29 is 0 Å². The van der Waals surface area contributed by atoms with E-state index in [9.17, 15) is 0 Å². The van der Waals surface area contributed by atoms with Crippen LogP contribution in [-0.4, -0.2) is 46.5 Å². The molecule has 0 unspecified atom stereocenters. The third-order valence-electron chi connectivity index (χ3n) is 4.19. The molecule has 2 N–H and O–H groups in total. The second-order valence-electron chi connectivity index (χ2n) is 5.90. The maximum atomic E-state index is 6.25. The van der Waals surface area contributed by atoms with Crippen LogP contribution in [0.15, 0.2) is 18.2 Å². The van der Waals surface area contributed by atoms with E-state index in [1.165, 1.54) is 0 Å². The number of nitrogens with zero attached hydrogens (tertiary/aromatic N) is 2. The third-order valence-corrected chi connectivity index (χ3v) is 5.55. The van der Waals surface area contributed by atoms with Crippen LogP contribution < -0.4 is 5.73 Å². The van der Waals surface area contributed by atoms with Gasteiger partial charge in [-0.3, -0.25) is 9.80 Å². The number of hydrogen-bond acceptors (Lipinski definition) is 3. The van der Waals surface area contributed by atoms with Gasteiger partial charge in [-0.2, -0.15) is 0 Å². The number of halogens is 2. The predicted molar refractivity (Wildman–Crippen MR) is 94.2 cm³/mol. The summed E-state index contributed by atoms with van der Waals surface area (Å²) in [5.41, 5.74) is 6.69. The Morgan fingerprint density at radius 1 is 1.24 bits per heavy atom. The van der Waals surface area contributed by atoms with E-state index in [2.05, 4.69) is 23.6 Å². The van der Waals surface area contributed by atoms with Gasteiger partial charge in [-0.1, -0.05) is 47.6 Å². The van der Waals surface area contributed by atoms with Gasteiger partial charge in [0.05, 0.1) is 20.6 Å². The molecular weight excluding hydrogens is 325 g/mol. The summed E-state index contributed by atoms with van der Waals surface area (Å²) in [6.45, 7) is 8.81. The molecule has 0 aromatic heterocycles. The van der Waals surface area contributed by atoms with Crippen LogP contribution in [0.2, 0.25) is 10.0 Å². The highest BCUT2D eigenvalue weighted by Gasteiger charge is 2.32. The summed E-state index contributed by atoms with van der Waals surface area (Å²) in [6, 6.07) is 5.78. The summed E-state index contributed by atoms with van der Waals surface area (Å²) < 4.78 is 0. The topological polar surface area (TPSA) is 32.5 Å². The SMILES string of the molecule is CC(C)(C(N)=S)N1CCN(Cc2cccc(Cl)c2Cl)CC1. The molecule has 0 aliphatic carbocycles. The summed E-state index contributed by atoms with van der Waals surface area (Å²) in [5, 5.41) is 1.27. The lowest BCUT2D eigenvalue weighted by Crippen LogP contribution is -2.59. The lowest BCUT2D eigenvalue weighted by atomic mass is 10.0. The van der Waals surface area contributed by atoms with Crippen molar-refractivity contribution in [2.75, 3.05) is 26.2 Å². The first-order valence-corrected chi connectivity index (χ1v) is 8.19. The molecule has 3 nitrogen and oxygen atoms in total. The smallest absolute Gasteiger partial charge is 0.0928 e. The zero-order valence-electron chi connectivity index (χ0n) is 12.4. The first kappa shape index (κ1) is 17.0. The minimum absolute atomic E-state index is 0.227. The predicted octanol–water partition coefficient (Wildman–Crippen LogP) is 3.18. The average Bonchev–Trinajstić information content (AvgIpc) is 2.44. The van der Waals surface area contributed by atoms with Crippen molar-refractivity contribution in [3.05, 3.63) is 33.8 Å². The van der Waals surface area contributed by atoms with Crippen LogP contribution in [-0.2, 0) is 6.54 Å². The molecule has 0 radical (unpaired) electrons. The first-order valence-electron chi connectivity index (χ1n) is 7.02. The van der Waals surface area contributed by atoms with Crippen molar-refractivity contribution in [2.24, 2.45) is 5.73 Å². The molecule has 1 heterocycles. The van der Waals surface area contributed by atoms with Gasteiger partial charge in [-0.05, 0) is 25.5 Å². The monoisotopic (exact) mass is 345 g/mol. The molecule has 1 aliphatic heterocycles. The molecule has 0 atom stereocenters. The summed E-state index contributed by atoms with van der Waals surface area (Å²) in [4.78, 5) is 5.27. The van der Waals surface area contributed by atoms with Gasteiger partial charge in [-0.15, -0.1) is 0 Å². The van der Waals surface area contributed by atoms with Crippen molar-refractivity contribution in [3.8, 4) is 0 Å². The quantitative estimate of drug-likeness (QED) is 0.849. The second kappa shape index (κ2) is 6.80. The maximum absolute atomic E-state index is 6.25. The molecule has 0 saturated carbocycles. The van der Waals surface area contributed by atoms with E-state index in [4.69, 9.17) is 41.2 Å². The van der Waals surface area contributed by atoms with Gasteiger partial charge in [-0.25, -0.2) is 0 Å². The minimum Gasteiger partial charge on any atom is -0.392 e. The van der Waals surface area contributed by atoms with Gasteiger partial charge in [0.25, 0.3) is 0 Å². The molecule has 0 bridgehead atoms. The number of benzene rings is 1. The molecule has 1 aromatic rings. The molecule has 2 rings (SSSR count).